The Balaban J connectivity index is 1.56. The summed E-state index contributed by atoms with van der Waals surface area (Å²) in [6.45, 7) is 13.9. The van der Waals surface area contributed by atoms with Crippen LogP contribution >= 0.6 is 0 Å². The van der Waals surface area contributed by atoms with E-state index in [0.29, 0.717) is 48.3 Å². The number of hydrogen-bond acceptors (Lipinski definition) is 3. The lowest BCUT2D eigenvalue weighted by molar-refractivity contribution is -0.0583. The van der Waals surface area contributed by atoms with Gasteiger partial charge in [0.1, 0.15) is 0 Å². The van der Waals surface area contributed by atoms with Crippen molar-refractivity contribution >= 4 is 0 Å². The minimum atomic E-state index is -0.462. The van der Waals surface area contributed by atoms with Gasteiger partial charge in [-0.05, 0) is 79.4 Å². The molecule has 182 valence electrons. The molecule has 4 aliphatic rings. The zero-order valence-electron chi connectivity index (χ0n) is 21.3. The number of rotatable bonds is 6. The second kappa shape index (κ2) is 8.86. The Morgan fingerprint density at radius 2 is 1.75 bits per heavy atom. The molecule has 0 spiro atoms. The Kier molecular flexibility index (Phi) is 6.78. The van der Waals surface area contributed by atoms with Gasteiger partial charge >= 0.3 is 0 Å². The highest BCUT2D eigenvalue weighted by Crippen LogP contribution is 2.66. The van der Waals surface area contributed by atoms with E-state index >= 15 is 0 Å². The molecule has 10 unspecified atom stereocenters. The van der Waals surface area contributed by atoms with Crippen LogP contribution in [0, 0.1) is 46.3 Å². The summed E-state index contributed by atoms with van der Waals surface area (Å²) in [6.07, 6.45) is 11.5. The first-order chi connectivity index (χ1) is 15.0. The van der Waals surface area contributed by atoms with E-state index in [4.69, 9.17) is 0 Å². The predicted molar refractivity (Wildman–Crippen MR) is 131 cm³/mol. The van der Waals surface area contributed by atoms with Crippen molar-refractivity contribution in [1.82, 2.24) is 0 Å². The van der Waals surface area contributed by atoms with E-state index in [1.807, 2.05) is 0 Å². The highest BCUT2D eigenvalue weighted by molar-refractivity contribution is 5.40. The molecule has 0 amide bonds. The first-order valence-corrected chi connectivity index (χ1v) is 13.5. The molecular formula is C29H48O3. The van der Waals surface area contributed by atoms with Crippen LogP contribution in [-0.4, -0.2) is 33.6 Å². The number of fused-ring (bicyclic) bond motifs is 5. The fraction of sp³-hybridized carbons (Fsp3) is 0.862. The normalized spacial score (nSPS) is 44.1. The average molecular weight is 445 g/mol. The van der Waals surface area contributed by atoms with Crippen LogP contribution < -0.4 is 0 Å². The van der Waals surface area contributed by atoms with Crippen LogP contribution in [0.25, 0.3) is 0 Å². The van der Waals surface area contributed by atoms with E-state index in [1.54, 1.807) is 5.57 Å². The van der Waals surface area contributed by atoms with Gasteiger partial charge < -0.3 is 15.3 Å². The molecule has 10 atom stereocenters. The third-order valence-corrected chi connectivity index (χ3v) is 11.0. The van der Waals surface area contributed by atoms with Gasteiger partial charge in [0.2, 0.25) is 0 Å². The standard InChI is InChI=1S/C29H48O3/c1-7-19(17(2)3)14-26(31)18(4)23-10-11-24-22-9-8-20-15-21(30)16-27(32)29(20,6)25(22)12-13-28(23,24)5/h8-9,17-19,21,23-27,30-32H,7,10-16H2,1-6H3. The third kappa shape index (κ3) is 3.75. The molecule has 0 aliphatic heterocycles. The fourth-order valence-corrected chi connectivity index (χ4v) is 8.66. The number of allylic oxidation sites excluding steroid dienone is 3. The number of aliphatic hydroxyl groups excluding tert-OH is 3. The summed E-state index contributed by atoms with van der Waals surface area (Å²) in [6, 6.07) is 0. The summed E-state index contributed by atoms with van der Waals surface area (Å²) >= 11 is 0. The van der Waals surface area contributed by atoms with Crippen LogP contribution in [0.1, 0.15) is 92.9 Å². The Labute approximate surface area is 196 Å². The molecule has 3 fully saturated rings. The van der Waals surface area contributed by atoms with Crippen molar-refractivity contribution in [2.75, 3.05) is 0 Å². The zero-order valence-corrected chi connectivity index (χ0v) is 21.3. The average Bonchev–Trinajstić information content (AvgIpc) is 3.09. The Hall–Kier alpha value is -0.640. The quantitative estimate of drug-likeness (QED) is 0.479. The molecule has 0 bridgehead atoms. The van der Waals surface area contributed by atoms with Crippen LogP contribution in [0.4, 0.5) is 0 Å². The lowest BCUT2D eigenvalue weighted by atomic mass is 9.49. The van der Waals surface area contributed by atoms with Gasteiger partial charge in [0.25, 0.3) is 0 Å². The van der Waals surface area contributed by atoms with Crippen molar-refractivity contribution in [2.24, 2.45) is 46.3 Å². The van der Waals surface area contributed by atoms with Crippen LogP contribution in [0.3, 0.4) is 0 Å². The van der Waals surface area contributed by atoms with Gasteiger partial charge in [0, 0.05) is 11.8 Å². The number of hydrogen-bond donors (Lipinski definition) is 3. The van der Waals surface area contributed by atoms with E-state index in [1.165, 1.54) is 24.8 Å². The van der Waals surface area contributed by atoms with Gasteiger partial charge in [0.15, 0.2) is 0 Å². The molecule has 0 aromatic carbocycles. The van der Waals surface area contributed by atoms with Crippen molar-refractivity contribution in [3.63, 3.8) is 0 Å². The van der Waals surface area contributed by atoms with Crippen molar-refractivity contribution in [1.29, 1.82) is 0 Å². The van der Waals surface area contributed by atoms with E-state index in [-0.39, 0.29) is 16.9 Å². The Morgan fingerprint density at radius 1 is 1.03 bits per heavy atom. The van der Waals surface area contributed by atoms with E-state index in [2.05, 4.69) is 53.7 Å². The van der Waals surface area contributed by atoms with Crippen molar-refractivity contribution in [3.05, 3.63) is 23.3 Å². The highest BCUT2D eigenvalue weighted by Gasteiger charge is 2.59. The van der Waals surface area contributed by atoms with Gasteiger partial charge in [-0.3, -0.25) is 0 Å². The van der Waals surface area contributed by atoms with Crippen LogP contribution in [0.15, 0.2) is 23.3 Å². The SMILES string of the molecule is CCC(CC(O)C(C)C1CCC2C3=CC=C4CC(O)CC(O)C4(C)C3CCC21C)C(C)C. The molecule has 0 radical (unpaired) electrons. The monoisotopic (exact) mass is 444 g/mol. The van der Waals surface area contributed by atoms with Gasteiger partial charge in [0.05, 0.1) is 18.3 Å². The van der Waals surface area contributed by atoms with Crippen LogP contribution in [-0.2, 0) is 0 Å². The molecular weight excluding hydrogens is 396 g/mol. The van der Waals surface area contributed by atoms with Gasteiger partial charge in [-0.25, -0.2) is 0 Å². The lowest BCUT2D eigenvalue weighted by Crippen LogP contribution is -2.52. The van der Waals surface area contributed by atoms with Gasteiger partial charge in [-0.2, -0.15) is 0 Å². The molecule has 0 aromatic heterocycles. The largest absolute Gasteiger partial charge is 0.393 e. The Morgan fingerprint density at radius 3 is 2.41 bits per heavy atom. The maximum absolute atomic E-state index is 11.2. The molecule has 4 aliphatic carbocycles. The van der Waals surface area contributed by atoms with Gasteiger partial charge in [-0.15, -0.1) is 0 Å². The molecule has 3 saturated carbocycles. The first kappa shape index (κ1) is 24.5. The third-order valence-electron chi connectivity index (χ3n) is 11.0. The first-order valence-electron chi connectivity index (χ1n) is 13.5. The summed E-state index contributed by atoms with van der Waals surface area (Å²) in [5, 5.41) is 32.6. The number of aliphatic hydroxyl groups is 3. The topological polar surface area (TPSA) is 60.7 Å². The van der Waals surface area contributed by atoms with Gasteiger partial charge in [-0.1, -0.05) is 71.3 Å². The van der Waals surface area contributed by atoms with Crippen molar-refractivity contribution < 1.29 is 15.3 Å². The predicted octanol–water partition coefficient (Wildman–Crippen LogP) is 5.89. The molecule has 0 aromatic rings. The molecule has 4 rings (SSSR count). The lowest BCUT2D eigenvalue weighted by Gasteiger charge is -2.56. The second-order valence-electron chi connectivity index (χ2n) is 12.7. The minimum absolute atomic E-state index is 0.216. The molecule has 3 N–H and O–H groups in total. The van der Waals surface area contributed by atoms with Crippen LogP contribution in [0.2, 0.25) is 0 Å². The second-order valence-corrected chi connectivity index (χ2v) is 12.7. The summed E-state index contributed by atoms with van der Waals surface area (Å²) < 4.78 is 0. The summed E-state index contributed by atoms with van der Waals surface area (Å²) in [4.78, 5) is 0. The maximum Gasteiger partial charge on any atom is 0.0661 e. The molecule has 0 saturated heterocycles. The minimum Gasteiger partial charge on any atom is -0.393 e. The zero-order chi connectivity index (χ0) is 23.4. The smallest absolute Gasteiger partial charge is 0.0661 e. The van der Waals surface area contributed by atoms with Crippen LogP contribution in [0.5, 0.6) is 0 Å². The molecule has 0 heterocycles. The Bertz CT molecular complexity index is 754. The maximum atomic E-state index is 11.2. The summed E-state index contributed by atoms with van der Waals surface area (Å²) in [7, 11) is 0. The van der Waals surface area contributed by atoms with E-state index in [9.17, 15) is 15.3 Å². The van der Waals surface area contributed by atoms with Crippen molar-refractivity contribution in [2.45, 2.75) is 111 Å². The summed E-state index contributed by atoms with van der Waals surface area (Å²) in [5.74, 6) is 3.06. The van der Waals surface area contributed by atoms with Crippen molar-refractivity contribution in [3.8, 4) is 0 Å². The fourth-order valence-electron chi connectivity index (χ4n) is 8.66. The molecule has 32 heavy (non-hydrogen) atoms. The van der Waals surface area contributed by atoms with E-state index in [0.717, 1.165) is 19.3 Å². The summed E-state index contributed by atoms with van der Waals surface area (Å²) in [5.41, 5.74) is 2.82. The van der Waals surface area contributed by atoms with E-state index < -0.39 is 12.2 Å². The molecule has 3 heteroatoms. The highest BCUT2D eigenvalue weighted by atomic mass is 16.3. The molecule has 3 nitrogen and oxygen atoms in total.